The van der Waals surface area contributed by atoms with Crippen LogP contribution in [0.2, 0.25) is 0 Å². The summed E-state index contributed by atoms with van der Waals surface area (Å²) >= 11 is 0. The van der Waals surface area contributed by atoms with Crippen LogP contribution >= 0.6 is 0 Å². The molecule has 2 aromatic heterocycles. The van der Waals surface area contributed by atoms with Crippen LogP contribution in [0.3, 0.4) is 0 Å². The highest BCUT2D eigenvalue weighted by Gasteiger charge is 2.11. The predicted molar refractivity (Wildman–Crippen MR) is 82.6 cm³/mol. The van der Waals surface area contributed by atoms with Crippen molar-refractivity contribution in [2.24, 2.45) is 0 Å². The number of pyridine rings is 2. The van der Waals surface area contributed by atoms with E-state index in [1.807, 2.05) is 10.8 Å². The highest BCUT2D eigenvalue weighted by Crippen LogP contribution is 1.95. The number of aliphatic hydroxyl groups is 1. The number of nitrogens with one attached hydrogen (secondary N) is 2. The lowest BCUT2D eigenvalue weighted by molar-refractivity contribution is -0.695. The lowest BCUT2D eigenvalue weighted by Gasteiger charge is -2.04. The Morgan fingerprint density at radius 1 is 1.08 bits per heavy atom. The Balaban J connectivity index is 0.00000288. The fourth-order valence-corrected chi connectivity index (χ4v) is 1.96. The van der Waals surface area contributed by atoms with Crippen LogP contribution in [0.15, 0.2) is 49.1 Å². The minimum atomic E-state index is -0.243. The van der Waals surface area contributed by atoms with Crippen molar-refractivity contribution in [2.75, 3.05) is 19.7 Å². The van der Waals surface area contributed by atoms with Crippen molar-refractivity contribution in [3.05, 3.63) is 60.2 Å². The second kappa shape index (κ2) is 10.7. The zero-order valence-electron chi connectivity index (χ0n) is 13.0. The van der Waals surface area contributed by atoms with Crippen LogP contribution in [0, 0.1) is 0 Å². The molecule has 128 valence electrons. The average Bonchev–Trinajstić information content (AvgIpc) is 2.60. The van der Waals surface area contributed by atoms with Gasteiger partial charge in [-0.2, -0.15) is 0 Å². The Morgan fingerprint density at radius 2 is 1.79 bits per heavy atom. The first kappa shape index (κ1) is 20.0. The van der Waals surface area contributed by atoms with E-state index in [0.29, 0.717) is 24.2 Å². The lowest BCUT2D eigenvalue weighted by atomic mass is 10.2. The third kappa shape index (κ3) is 6.20. The van der Waals surface area contributed by atoms with Gasteiger partial charge in [-0.25, -0.2) is 4.57 Å². The van der Waals surface area contributed by atoms with Gasteiger partial charge in [0, 0.05) is 25.0 Å². The Labute approximate surface area is 157 Å². The molecule has 0 aliphatic carbocycles. The van der Waals surface area contributed by atoms with Crippen molar-refractivity contribution >= 4 is 11.8 Å². The summed E-state index contributed by atoms with van der Waals surface area (Å²) in [6.07, 6.45) is 6.64. The summed E-state index contributed by atoms with van der Waals surface area (Å²) < 4.78 is 1.82. The highest BCUT2D eigenvalue weighted by molar-refractivity contribution is 5.94. The van der Waals surface area contributed by atoms with Gasteiger partial charge in [-0.15, -0.1) is 0 Å². The van der Waals surface area contributed by atoms with Crippen LogP contribution in [0.5, 0.6) is 0 Å². The number of carbonyl (C=O) groups excluding carboxylic acids is 2. The molecule has 0 radical (unpaired) electrons. The van der Waals surface area contributed by atoms with E-state index in [1.54, 1.807) is 36.7 Å². The van der Waals surface area contributed by atoms with E-state index in [9.17, 15) is 9.59 Å². The first-order valence-electron chi connectivity index (χ1n) is 7.27. The Hall–Kier alpha value is -2.07. The maximum absolute atomic E-state index is 11.9. The van der Waals surface area contributed by atoms with Crippen molar-refractivity contribution in [2.45, 2.75) is 6.54 Å². The first-order chi connectivity index (χ1) is 11.2. The van der Waals surface area contributed by atoms with Gasteiger partial charge >= 0.3 is 0 Å². The molecule has 0 saturated heterocycles. The molecule has 0 unspecified atom stereocenters. The minimum absolute atomic E-state index is 0. The molecule has 0 aromatic carbocycles. The number of hydrogen-bond acceptors (Lipinski definition) is 4. The second-order valence-electron chi connectivity index (χ2n) is 4.81. The van der Waals surface area contributed by atoms with Gasteiger partial charge in [0.2, 0.25) is 0 Å². The molecule has 0 bridgehead atoms. The molecule has 0 saturated carbocycles. The molecule has 2 heterocycles. The smallest absolute Gasteiger partial charge is 0.257 e. The fourth-order valence-electron chi connectivity index (χ4n) is 1.96. The van der Waals surface area contributed by atoms with E-state index in [-0.39, 0.29) is 48.9 Å². The fraction of sp³-hybridized carbons (Fsp3) is 0.250. The summed E-state index contributed by atoms with van der Waals surface area (Å²) in [5, 5.41) is 14.1. The SMILES string of the molecule is O=C(NCCO)c1ccc[n+](CCNC(=O)c2cccnc2)c1.[I-]. The Kier molecular flexibility index (Phi) is 8.87. The Bertz CT molecular complexity index is 667. The van der Waals surface area contributed by atoms with Crippen molar-refractivity contribution in [3.63, 3.8) is 0 Å². The van der Waals surface area contributed by atoms with Crippen LogP contribution < -0.4 is 39.2 Å². The zero-order chi connectivity index (χ0) is 16.5. The molecular weight excluding hydrogens is 423 g/mol. The molecule has 8 heteroatoms. The van der Waals surface area contributed by atoms with Gasteiger partial charge in [-0.3, -0.25) is 14.6 Å². The van der Waals surface area contributed by atoms with Crippen molar-refractivity contribution in [3.8, 4) is 0 Å². The van der Waals surface area contributed by atoms with Gasteiger partial charge in [-0.05, 0) is 18.2 Å². The molecular formula is C16H19IN4O3. The van der Waals surface area contributed by atoms with E-state index < -0.39 is 0 Å². The number of rotatable bonds is 7. The van der Waals surface area contributed by atoms with Gasteiger partial charge in [0.1, 0.15) is 5.56 Å². The molecule has 0 aliphatic rings. The van der Waals surface area contributed by atoms with Gasteiger partial charge in [-0.1, -0.05) is 0 Å². The molecule has 2 aromatic rings. The van der Waals surface area contributed by atoms with Crippen molar-refractivity contribution in [1.29, 1.82) is 0 Å². The molecule has 0 spiro atoms. The third-order valence-corrected chi connectivity index (χ3v) is 3.10. The number of hydrogen-bond donors (Lipinski definition) is 3. The molecule has 3 N–H and O–H groups in total. The highest BCUT2D eigenvalue weighted by atomic mass is 127. The van der Waals surface area contributed by atoms with E-state index in [0.717, 1.165) is 0 Å². The topological polar surface area (TPSA) is 95.2 Å². The lowest BCUT2D eigenvalue weighted by Crippen LogP contribution is -3.00. The quantitative estimate of drug-likeness (QED) is 0.307. The molecule has 7 nitrogen and oxygen atoms in total. The number of halogens is 1. The number of amides is 2. The molecule has 2 amide bonds. The summed E-state index contributed by atoms with van der Waals surface area (Å²) in [6, 6.07) is 6.86. The summed E-state index contributed by atoms with van der Waals surface area (Å²) in [5.41, 5.74) is 1.01. The van der Waals surface area contributed by atoms with E-state index in [4.69, 9.17) is 5.11 Å². The number of carbonyl (C=O) groups is 2. The summed E-state index contributed by atoms with van der Waals surface area (Å²) in [5.74, 6) is -0.427. The summed E-state index contributed by atoms with van der Waals surface area (Å²) in [4.78, 5) is 27.6. The van der Waals surface area contributed by atoms with Crippen LogP contribution in [-0.4, -0.2) is 41.6 Å². The van der Waals surface area contributed by atoms with Gasteiger partial charge in [0.15, 0.2) is 18.9 Å². The zero-order valence-corrected chi connectivity index (χ0v) is 15.1. The monoisotopic (exact) mass is 442 g/mol. The normalized spacial score (nSPS) is 9.71. The average molecular weight is 442 g/mol. The standard InChI is InChI=1S/C16H18N4O3.HI/c21-10-7-19-16(23)14-4-2-8-20(12-14)9-6-18-15(22)13-3-1-5-17-11-13;/h1-5,8,11-12,21H,6-7,9-10H2,(H-,18,19,22,23);1H. The predicted octanol–water partition coefficient (Wildman–Crippen LogP) is -3.47. The maximum atomic E-state index is 11.9. The number of aromatic nitrogens is 2. The van der Waals surface area contributed by atoms with Crippen molar-refractivity contribution < 1.29 is 43.2 Å². The molecule has 0 atom stereocenters. The van der Waals surface area contributed by atoms with E-state index in [1.165, 1.54) is 6.20 Å². The van der Waals surface area contributed by atoms with E-state index in [2.05, 4.69) is 15.6 Å². The van der Waals surface area contributed by atoms with Crippen LogP contribution in [0.4, 0.5) is 0 Å². The van der Waals surface area contributed by atoms with Gasteiger partial charge in [0.05, 0.1) is 18.7 Å². The second-order valence-corrected chi connectivity index (χ2v) is 4.81. The maximum Gasteiger partial charge on any atom is 0.257 e. The van der Waals surface area contributed by atoms with E-state index >= 15 is 0 Å². The van der Waals surface area contributed by atoms with Crippen LogP contribution in [0.25, 0.3) is 0 Å². The summed E-state index contributed by atoms with van der Waals surface area (Å²) in [6.45, 7) is 1.08. The van der Waals surface area contributed by atoms with Crippen LogP contribution in [0.1, 0.15) is 20.7 Å². The number of aliphatic hydroxyl groups excluding tert-OH is 1. The van der Waals surface area contributed by atoms with Gasteiger partial charge in [0.25, 0.3) is 11.8 Å². The Morgan fingerprint density at radius 3 is 2.50 bits per heavy atom. The van der Waals surface area contributed by atoms with Gasteiger partial charge < -0.3 is 39.7 Å². The molecule has 24 heavy (non-hydrogen) atoms. The number of nitrogens with zero attached hydrogens (tertiary/aromatic N) is 2. The first-order valence-corrected chi connectivity index (χ1v) is 7.27. The largest absolute Gasteiger partial charge is 1.00 e. The molecule has 0 fully saturated rings. The molecule has 0 aliphatic heterocycles. The van der Waals surface area contributed by atoms with Crippen LogP contribution in [-0.2, 0) is 6.54 Å². The third-order valence-electron chi connectivity index (χ3n) is 3.10. The summed E-state index contributed by atoms with van der Waals surface area (Å²) in [7, 11) is 0. The van der Waals surface area contributed by atoms with Crippen molar-refractivity contribution in [1.82, 2.24) is 15.6 Å². The minimum Gasteiger partial charge on any atom is -1.00 e. The molecule has 2 rings (SSSR count).